The molecule has 2 amide bonds. The van der Waals surface area contributed by atoms with E-state index in [4.69, 9.17) is 0 Å². The molecule has 0 bridgehead atoms. The summed E-state index contributed by atoms with van der Waals surface area (Å²) < 4.78 is 0. The second-order valence-corrected chi connectivity index (χ2v) is 7.65. The summed E-state index contributed by atoms with van der Waals surface area (Å²) in [7, 11) is 0. The van der Waals surface area contributed by atoms with Crippen molar-refractivity contribution in [3.05, 3.63) is 118 Å². The number of anilines is 2. The normalized spacial score (nSPS) is 10.3. The molecular formula is C25H18N2O3S. The first-order chi connectivity index (χ1) is 15.1. The highest BCUT2D eigenvalue weighted by Crippen LogP contribution is 2.20. The van der Waals surface area contributed by atoms with Gasteiger partial charge in [0.25, 0.3) is 11.8 Å². The van der Waals surface area contributed by atoms with Crippen molar-refractivity contribution < 1.29 is 14.4 Å². The molecule has 2 N–H and O–H groups in total. The van der Waals surface area contributed by atoms with Crippen LogP contribution in [0.25, 0.3) is 0 Å². The largest absolute Gasteiger partial charge is 0.322 e. The number of carbonyl (C=O) groups excluding carboxylic acids is 3. The summed E-state index contributed by atoms with van der Waals surface area (Å²) in [5, 5.41) is 7.46. The number of carbonyl (C=O) groups is 3. The molecule has 0 aliphatic rings. The van der Waals surface area contributed by atoms with E-state index in [9.17, 15) is 14.4 Å². The maximum Gasteiger partial charge on any atom is 0.265 e. The molecule has 0 spiro atoms. The van der Waals surface area contributed by atoms with Crippen LogP contribution < -0.4 is 10.6 Å². The van der Waals surface area contributed by atoms with Crippen LogP contribution in [-0.4, -0.2) is 17.6 Å². The Kier molecular flexibility index (Phi) is 6.01. The molecule has 0 radical (unpaired) electrons. The molecule has 152 valence electrons. The van der Waals surface area contributed by atoms with Gasteiger partial charge in [0.1, 0.15) is 0 Å². The highest BCUT2D eigenvalue weighted by Gasteiger charge is 2.18. The SMILES string of the molecule is O=C(Nc1cccc(NC(=O)c2ccccc2C(=O)c2ccccc2)c1)c1cccs1. The van der Waals surface area contributed by atoms with E-state index in [0.29, 0.717) is 27.4 Å². The van der Waals surface area contributed by atoms with Crippen LogP contribution in [0.3, 0.4) is 0 Å². The van der Waals surface area contributed by atoms with Crippen molar-refractivity contribution in [3.63, 3.8) is 0 Å². The van der Waals surface area contributed by atoms with Gasteiger partial charge in [-0.05, 0) is 35.7 Å². The summed E-state index contributed by atoms with van der Waals surface area (Å²) in [6, 6.07) is 26.0. The van der Waals surface area contributed by atoms with Crippen LogP contribution in [0.5, 0.6) is 0 Å². The van der Waals surface area contributed by atoms with E-state index in [1.165, 1.54) is 11.3 Å². The fraction of sp³-hybridized carbons (Fsp3) is 0. The molecule has 4 rings (SSSR count). The van der Waals surface area contributed by atoms with Gasteiger partial charge in [-0.3, -0.25) is 14.4 Å². The Labute approximate surface area is 183 Å². The Bertz CT molecular complexity index is 1230. The number of rotatable bonds is 6. The highest BCUT2D eigenvalue weighted by molar-refractivity contribution is 7.12. The summed E-state index contributed by atoms with van der Waals surface area (Å²) >= 11 is 1.35. The molecule has 6 heteroatoms. The van der Waals surface area contributed by atoms with Gasteiger partial charge in [-0.15, -0.1) is 11.3 Å². The predicted octanol–water partition coefficient (Wildman–Crippen LogP) is 5.48. The standard InChI is InChI=1S/C25H18N2O3S/c28-23(17-8-2-1-3-9-17)20-12-4-5-13-21(20)24(29)26-18-10-6-11-19(16-18)27-25(30)22-14-7-15-31-22/h1-16H,(H,26,29)(H,27,30). The second-order valence-electron chi connectivity index (χ2n) is 6.71. The number of hydrogen-bond donors (Lipinski definition) is 2. The summed E-state index contributed by atoms with van der Waals surface area (Å²) in [6.07, 6.45) is 0. The average Bonchev–Trinajstić information content (AvgIpc) is 3.35. The van der Waals surface area contributed by atoms with Gasteiger partial charge in [-0.2, -0.15) is 0 Å². The first kappa shape index (κ1) is 20.3. The summed E-state index contributed by atoms with van der Waals surface area (Å²) in [5.41, 5.74) is 2.19. The monoisotopic (exact) mass is 426 g/mol. The van der Waals surface area contributed by atoms with E-state index in [2.05, 4.69) is 10.6 Å². The van der Waals surface area contributed by atoms with Crippen molar-refractivity contribution in [1.82, 2.24) is 0 Å². The van der Waals surface area contributed by atoms with Gasteiger partial charge >= 0.3 is 0 Å². The van der Waals surface area contributed by atoms with Gasteiger partial charge in [0.2, 0.25) is 0 Å². The summed E-state index contributed by atoms with van der Waals surface area (Å²) in [5.74, 6) is -0.831. The third-order valence-electron chi connectivity index (χ3n) is 4.58. The summed E-state index contributed by atoms with van der Waals surface area (Å²) in [4.78, 5) is 38.7. The number of ketones is 1. The van der Waals surface area contributed by atoms with Gasteiger partial charge in [0.05, 0.1) is 10.4 Å². The molecule has 31 heavy (non-hydrogen) atoms. The Morgan fingerprint density at radius 2 is 1.26 bits per heavy atom. The quantitative estimate of drug-likeness (QED) is 0.401. The van der Waals surface area contributed by atoms with E-state index < -0.39 is 5.91 Å². The number of hydrogen-bond acceptors (Lipinski definition) is 4. The molecule has 3 aromatic carbocycles. The van der Waals surface area contributed by atoms with Crippen molar-refractivity contribution >= 4 is 40.3 Å². The minimum absolute atomic E-state index is 0.211. The maximum absolute atomic E-state index is 12.9. The molecule has 1 heterocycles. The first-order valence-corrected chi connectivity index (χ1v) is 10.4. The zero-order chi connectivity index (χ0) is 21.6. The van der Waals surface area contributed by atoms with Gasteiger partial charge in [-0.25, -0.2) is 0 Å². The van der Waals surface area contributed by atoms with Crippen LogP contribution in [0.15, 0.2) is 96.4 Å². The molecule has 0 saturated heterocycles. The van der Waals surface area contributed by atoms with Gasteiger partial charge in [0, 0.05) is 22.5 Å². The van der Waals surface area contributed by atoms with Gasteiger partial charge in [0.15, 0.2) is 5.78 Å². The minimum atomic E-state index is -0.401. The van der Waals surface area contributed by atoms with E-state index in [-0.39, 0.29) is 17.3 Å². The third-order valence-corrected chi connectivity index (χ3v) is 5.44. The van der Waals surface area contributed by atoms with Crippen LogP contribution in [0.4, 0.5) is 11.4 Å². The van der Waals surface area contributed by atoms with E-state index in [1.54, 1.807) is 78.9 Å². The summed E-state index contributed by atoms with van der Waals surface area (Å²) in [6.45, 7) is 0. The number of benzene rings is 3. The number of nitrogens with one attached hydrogen (secondary N) is 2. The van der Waals surface area contributed by atoms with Gasteiger partial charge in [-0.1, -0.05) is 60.7 Å². The molecule has 0 atom stereocenters. The molecule has 0 fully saturated rings. The third kappa shape index (κ3) is 4.76. The van der Waals surface area contributed by atoms with E-state index in [0.717, 1.165) is 0 Å². The van der Waals surface area contributed by atoms with Crippen LogP contribution in [0.2, 0.25) is 0 Å². The smallest absolute Gasteiger partial charge is 0.265 e. The van der Waals surface area contributed by atoms with Crippen LogP contribution >= 0.6 is 11.3 Å². The van der Waals surface area contributed by atoms with Crippen molar-refractivity contribution in [2.45, 2.75) is 0 Å². The Morgan fingerprint density at radius 1 is 0.613 bits per heavy atom. The first-order valence-electron chi connectivity index (χ1n) is 9.57. The molecule has 0 aliphatic heterocycles. The zero-order valence-corrected chi connectivity index (χ0v) is 17.2. The molecule has 0 unspecified atom stereocenters. The average molecular weight is 426 g/mol. The fourth-order valence-electron chi connectivity index (χ4n) is 3.10. The van der Waals surface area contributed by atoms with E-state index in [1.807, 2.05) is 17.5 Å². The lowest BCUT2D eigenvalue weighted by molar-refractivity contribution is 0.0996. The molecule has 1 aromatic heterocycles. The zero-order valence-electron chi connectivity index (χ0n) is 16.4. The van der Waals surface area contributed by atoms with Crippen LogP contribution in [0.1, 0.15) is 36.0 Å². The Hall–Kier alpha value is -4.03. The van der Waals surface area contributed by atoms with Gasteiger partial charge < -0.3 is 10.6 Å². The molecule has 0 saturated carbocycles. The lowest BCUT2D eigenvalue weighted by Crippen LogP contribution is -2.17. The molecule has 5 nitrogen and oxygen atoms in total. The van der Waals surface area contributed by atoms with E-state index >= 15 is 0 Å². The molecule has 0 aliphatic carbocycles. The Balaban J connectivity index is 1.53. The maximum atomic E-state index is 12.9. The van der Waals surface area contributed by atoms with Crippen LogP contribution in [0, 0.1) is 0 Å². The molecular weight excluding hydrogens is 408 g/mol. The lowest BCUT2D eigenvalue weighted by Gasteiger charge is -2.11. The van der Waals surface area contributed by atoms with Crippen LogP contribution in [-0.2, 0) is 0 Å². The Morgan fingerprint density at radius 3 is 1.94 bits per heavy atom. The van der Waals surface area contributed by atoms with Crippen molar-refractivity contribution in [2.75, 3.05) is 10.6 Å². The second kappa shape index (κ2) is 9.19. The van der Waals surface area contributed by atoms with Crippen molar-refractivity contribution in [1.29, 1.82) is 0 Å². The lowest BCUT2D eigenvalue weighted by atomic mass is 9.98. The van der Waals surface area contributed by atoms with Crippen molar-refractivity contribution in [2.24, 2.45) is 0 Å². The highest BCUT2D eigenvalue weighted by atomic mass is 32.1. The van der Waals surface area contributed by atoms with Crippen molar-refractivity contribution in [3.8, 4) is 0 Å². The topological polar surface area (TPSA) is 75.3 Å². The molecule has 4 aromatic rings. The number of amides is 2. The minimum Gasteiger partial charge on any atom is -0.322 e. The number of thiophene rings is 1. The predicted molar refractivity (Wildman–Crippen MR) is 123 cm³/mol. The fourth-order valence-corrected chi connectivity index (χ4v) is 3.72.